The molecular weight excluding hydrogens is 288 g/mol. The summed E-state index contributed by atoms with van der Waals surface area (Å²) in [6.07, 6.45) is 1.85. The number of anilines is 1. The summed E-state index contributed by atoms with van der Waals surface area (Å²) in [5.41, 5.74) is 4.81. The van der Waals surface area contributed by atoms with Crippen LogP contribution in [0.2, 0.25) is 0 Å². The molecule has 2 rings (SSSR count). The van der Waals surface area contributed by atoms with E-state index in [1.165, 1.54) is 11.1 Å². The van der Waals surface area contributed by atoms with Crippen LogP contribution in [0.4, 0.5) is 5.69 Å². The van der Waals surface area contributed by atoms with Crippen molar-refractivity contribution in [1.29, 1.82) is 0 Å². The number of rotatable bonds is 3. The Morgan fingerprint density at radius 2 is 1.89 bits per heavy atom. The molecule has 0 aliphatic heterocycles. The molecule has 0 fully saturated rings. The van der Waals surface area contributed by atoms with Crippen molar-refractivity contribution in [2.45, 2.75) is 26.8 Å². The molecule has 0 saturated carbocycles. The second-order valence-electron chi connectivity index (χ2n) is 4.55. The van der Waals surface area contributed by atoms with Crippen LogP contribution in [0.25, 0.3) is 0 Å². The predicted octanol–water partition coefficient (Wildman–Crippen LogP) is 4.63. The minimum atomic E-state index is 0.272. The van der Waals surface area contributed by atoms with Crippen LogP contribution in [0, 0.1) is 13.8 Å². The van der Waals surface area contributed by atoms with Crippen molar-refractivity contribution in [3.8, 4) is 0 Å². The molecule has 0 aliphatic carbocycles. The average molecular weight is 305 g/mol. The number of halogens is 1. The van der Waals surface area contributed by atoms with Crippen molar-refractivity contribution in [3.63, 3.8) is 0 Å². The quantitative estimate of drug-likeness (QED) is 0.836. The van der Waals surface area contributed by atoms with E-state index in [9.17, 15) is 0 Å². The lowest BCUT2D eigenvalue weighted by Crippen LogP contribution is -2.08. The van der Waals surface area contributed by atoms with Crippen LogP contribution >= 0.6 is 15.9 Å². The standard InChI is InChI=1S/C15H17BrN2/c1-10-6-4-5-7-14(10)12(3)18-13-8-11(2)15(16)17-9-13/h4-9,12,18H,1-3H3. The number of hydrogen-bond acceptors (Lipinski definition) is 2. The van der Waals surface area contributed by atoms with Crippen molar-refractivity contribution >= 4 is 21.6 Å². The molecule has 0 bridgehead atoms. The van der Waals surface area contributed by atoms with E-state index in [4.69, 9.17) is 0 Å². The van der Waals surface area contributed by atoms with Gasteiger partial charge in [0.1, 0.15) is 4.60 Å². The molecule has 1 aromatic carbocycles. The number of pyridine rings is 1. The highest BCUT2D eigenvalue weighted by Gasteiger charge is 2.08. The number of aromatic nitrogens is 1. The summed E-state index contributed by atoms with van der Waals surface area (Å²) < 4.78 is 0.900. The van der Waals surface area contributed by atoms with Gasteiger partial charge < -0.3 is 5.32 Å². The fourth-order valence-electron chi connectivity index (χ4n) is 2.04. The number of hydrogen-bond donors (Lipinski definition) is 1. The normalized spacial score (nSPS) is 12.2. The highest BCUT2D eigenvalue weighted by Crippen LogP contribution is 2.23. The molecule has 18 heavy (non-hydrogen) atoms. The van der Waals surface area contributed by atoms with Gasteiger partial charge in [-0.25, -0.2) is 4.98 Å². The summed E-state index contributed by atoms with van der Waals surface area (Å²) in [7, 11) is 0. The van der Waals surface area contributed by atoms with Crippen molar-refractivity contribution < 1.29 is 0 Å². The zero-order chi connectivity index (χ0) is 13.1. The first-order valence-corrected chi connectivity index (χ1v) is 6.81. The second kappa shape index (κ2) is 5.53. The van der Waals surface area contributed by atoms with Crippen molar-refractivity contribution in [2.75, 3.05) is 5.32 Å². The van der Waals surface area contributed by atoms with E-state index in [-0.39, 0.29) is 6.04 Å². The maximum atomic E-state index is 4.30. The first-order chi connectivity index (χ1) is 8.58. The highest BCUT2D eigenvalue weighted by atomic mass is 79.9. The summed E-state index contributed by atoms with van der Waals surface area (Å²) in [6.45, 7) is 6.35. The van der Waals surface area contributed by atoms with Gasteiger partial charge in [0.15, 0.2) is 0 Å². The number of nitrogens with one attached hydrogen (secondary N) is 1. The summed E-state index contributed by atoms with van der Waals surface area (Å²) in [5, 5.41) is 3.48. The third-order valence-electron chi connectivity index (χ3n) is 3.05. The molecule has 1 aromatic heterocycles. The van der Waals surface area contributed by atoms with Gasteiger partial charge in [0.25, 0.3) is 0 Å². The van der Waals surface area contributed by atoms with Crippen molar-refractivity contribution in [2.24, 2.45) is 0 Å². The Kier molecular flexibility index (Phi) is 4.02. The lowest BCUT2D eigenvalue weighted by atomic mass is 10.0. The van der Waals surface area contributed by atoms with E-state index in [2.05, 4.69) is 70.4 Å². The molecule has 1 N–H and O–H groups in total. The topological polar surface area (TPSA) is 24.9 Å². The molecule has 1 atom stereocenters. The fraction of sp³-hybridized carbons (Fsp3) is 0.267. The van der Waals surface area contributed by atoms with Crippen LogP contribution < -0.4 is 5.32 Å². The second-order valence-corrected chi connectivity index (χ2v) is 5.31. The lowest BCUT2D eigenvalue weighted by molar-refractivity contribution is 0.871. The SMILES string of the molecule is Cc1ccccc1C(C)Nc1cnc(Br)c(C)c1. The fourth-order valence-corrected chi connectivity index (χ4v) is 2.25. The Morgan fingerprint density at radius 3 is 2.56 bits per heavy atom. The predicted molar refractivity (Wildman–Crippen MR) is 79.9 cm³/mol. The first kappa shape index (κ1) is 13.1. The van der Waals surface area contributed by atoms with Crippen LogP contribution in [0.3, 0.4) is 0 Å². The molecule has 3 heteroatoms. The maximum absolute atomic E-state index is 4.30. The van der Waals surface area contributed by atoms with Gasteiger partial charge in [0, 0.05) is 6.04 Å². The van der Waals surface area contributed by atoms with Crippen LogP contribution in [0.15, 0.2) is 41.1 Å². The van der Waals surface area contributed by atoms with E-state index in [0.29, 0.717) is 0 Å². The Labute approximate surface area is 117 Å². The van der Waals surface area contributed by atoms with Crippen LogP contribution in [-0.2, 0) is 0 Å². The third-order valence-corrected chi connectivity index (χ3v) is 3.88. The van der Waals surface area contributed by atoms with Crippen LogP contribution in [-0.4, -0.2) is 4.98 Å². The molecule has 1 unspecified atom stereocenters. The molecule has 0 radical (unpaired) electrons. The zero-order valence-electron chi connectivity index (χ0n) is 10.9. The van der Waals surface area contributed by atoms with E-state index in [1.807, 2.05) is 13.1 Å². The summed E-state index contributed by atoms with van der Waals surface area (Å²) in [5.74, 6) is 0. The smallest absolute Gasteiger partial charge is 0.109 e. The lowest BCUT2D eigenvalue weighted by Gasteiger charge is -2.18. The Balaban J connectivity index is 2.19. The molecule has 0 amide bonds. The van der Waals surface area contributed by atoms with E-state index < -0.39 is 0 Å². The van der Waals surface area contributed by atoms with Gasteiger partial charge in [-0.05, 0) is 59.5 Å². The summed E-state index contributed by atoms with van der Waals surface area (Å²) in [4.78, 5) is 4.30. The third kappa shape index (κ3) is 2.91. The molecular formula is C15H17BrN2. The number of benzene rings is 1. The molecule has 0 aliphatic rings. The molecule has 1 heterocycles. The molecule has 2 aromatic rings. The minimum absolute atomic E-state index is 0.272. The van der Waals surface area contributed by atoms with E-state index in [0.717, 1.165) is 15.9 Å². The summed E-state index contributed by atoms with van der Waals surface area (Å²) in [6, 6.07) is 10.8. The summed E-state index contributed by atoms with van der Waals surface area (Å²) >= 11 is 3.41. The highest BCUT2D eigenvalue weighted by molar-refractivity contribution is 9.10. The largest absolute Gasteiger partial charge is 0.377 e. The average Bonchev–Trinajstić information content (AvgIpc) is 2.34. The monoisotopic (exact) mass is 304 g/mol. The minimum Gasteiger partial charge on any atom is -0.377 e. The molecule has 0 spiro atoms. The van der Waals surface area contributed by atoms with Crippen LogP contribution in [0.5, 0.6) is 0 Å². The van der Waals surface area contributed by atoms with Gasteiger partial charge in [0.05, 0.1) is 11.9 Å². The number of aryl methyl sites for hydroxylation is 2. The van der Waals surface area contributed by atoms with Crippen molar-refractivity contribution in [1.82, 2.24) is 4.98 Å². The number of nitrogens with zero attached hydrogens (tertiary/aromatic N) is 1. The maximum Gasteiger partial charge on any atom is 0.109 e. The van der Waals surface area contributed by atoms with Gasteiger partial charge in [0.2, 0.25) is 0 Å². The Hall–Kier alpha value is -1.35. The van der Waals surface area contributed by atoms with Gasteiger partial charge in [-0.3, -0.25) is 0 Å². The van der Waals surface area contributed by atoms with Crippen LogP contribution in [0.1, 0.15) is 29.7 Å². The van der Waals surface area contributed by atoms with Gasteiger partial charge >= 0.3 is 0 Å². The van der Waals surface area contributed by atoms with Crippen molar-refractivity contribution in [3.05, 3.63) is 57.8 Å². The van der Waals surface area contributed by atoms with E-state index >= 15 is 0 Å². The zero-order valence-corrected chi connectivity index (χ0v) is 12.5. The molecule has 94 valence electrons. The Bertz CT molecular complexity index is 552. The molecule has 2 nitrogen and oxygen atoms in total. The van der Waals surface area contributed by atoms with Gasteiger partial charge in [-0.2, -0.15) is 0 Å². The first-order valence-electron chi connectivity index (χ1n) is 6.02. The van der Waals surface area contributed by atoms with Gasteiger partial charge in [-0.15, -0.1) is 0 Å². The van der Waals surface area contributed by atoms with E-state index in [1.54, 1.807) is 0 Å². The van der Waals surface area contributed by atoms with Gasteiger partial charge in [-0.1, -0.05) is 24.3 Å². The molecule has 0 saturated heterocycles. The Morgan fingerprint density at radius 1 is 1.17 bits per heavy atom.